The lowest BCUT2D eigenvalue weighted by molar-refractivity contribution is -0.141. The van der Waals surface area contributed by atoms with Crippen molar-refractivity contribution >= 4 is 29.2 Å². The molecule has 4 atom stereocenters. The summed E-state index contributed by atoms with van der Waals surface area (Å²) in [6, 6.07) is 8.51. The summed E-state index contributed by atoms with van der Waals surface area (Å²) in [5.74, 6) is -0.657. The monoisotopic (exact) mass is 695 g/mol. The second-order valence-corrected chi connectivity index (χ2v) is 15.4. The van der Waals surface area contributed by atoms with E-state index in [4.69, 9.17) is 14.0 Å². The molecule has 0 radical (unpaired) electrons. The van der Waals surface area contributed by atoms with Gasteiger partial charge in [-0.15, -0.1) is 11.3 Å². The second kappa shape index (κ2) is 15.3. The van der Waals surface area contributed by atoms with Crippen LogP contribution in [0.15, 0.2) is 40.4 Å². The first-order valence-electron chi connectivity index (χ1n) is 17.1. The maximum absolute atomic E-state index is 14.0. The van der Waals surface area contributed by atoms with Crippen LogP contribution in [0.4, 0.5) is 4.79 Å². The largest absolute Gasteiger partial charge is 0.475 e. The number of β-amino-alcohol motifs (C(OH)–C–C–N with tert-alkyl or cyclic N) is 1. The lowest BCUT2D eigenvalue weighted by Crippen LogP contribution is -2.48. The number of aryl methyl sites for hydroxylation is 1. The van der Waals surface area contributed by atoms with Crippen LogP contribution >= 0.6 is 11.3 Å². The molecule has 2 aromatic heterocycles. The summed E-state index contributed by atoms with van der Waals surface area (Å²) in [5, 5.41) is 17.7. The molecule has 0 spiro atoms. The molecule has 0 unspecified atom stereocenters. The van der Waals surface area contributed by atoms with E-state index in [9.17, 15) is 19.5 Å². The van der Waals surface area contributed by atoms with E-state index >= 15 is 0 Å². The normalized spacial score (nSPS) is 19.9. The van der Waals surface area contributed by atoms with Crippen LogP contribution < -0.4 is 10.1 Å². The molecule has 13 heteroatoms. The lowest BCUT2D eigenvalue weighted by Gasteiger charge is -2.33. The lowest BCUT2D eigenvalue weighted by atomic mass is 9.91. The van der Waals surface area contributed by atoms with Crippen LogP contribution in [0.5, 0.6) is 5.88 Å². The number of hydrogen-bond donors (Lipinski definition) is 2. The van der Waals surface area contributed by atoms with Crippen LogP contribution in [-0.2, 0) is 14.3 Å². The van der Waals surface area contributed by atoms with Gasteiger partial charge in [0.25, 0.3) is 5.88 Å². The summed E-state index contributed by atoms with van der Waals surface area (Å²) in [7, 11) is 0. The van der Waals surface area contributed by atoms with Crippen molar-refractivity contribution in [2.45, 2.75) is 97.4 Å². The third-order valence-corrected chi connectivity index (χ3v) is 10.1. The molecule has 4 heterocycles. The summed E-state index contributed by atoms with van der Waals surface area (Å²) in [6.07, 6.45) is 0.573. The van der Waals surface area contributed by atoms with Gasteiger partial charge in [-0.3, -0.25) is 9.59 Å². The highest BCUT2D eigenvalue weighted by Gasteiger charge is 2.43. The van der Waals surface area contributed by atoms with Crippen LogP contribution in [0, 0.1) is 18.8 Å². The Kier molecular flexibility index (Phi) is 11.3. The van der Waals surface area contributed by atoms with Crippen LogP contribution in [0.2, 0.25) is 0 Å². The summed E-state index contributed by atoms with van der Waals surface area (Å²) in [6.45, 7) is 14.9. The van der Waals surface area contributed by atoms with Gasteiger partial charge in [-0.1, -0.05) is 38.1 Å². The van der Waals surface area contributed by atoms with E-state index in [1.165, 1.54) is 4.90 Å². The Morgan fingerprint density at radius 1 is 1.12 bits per heavy atom. The van der Waals surface area contributed by atoms with E-state index < -0.39 is 23.7 Å². The number of nitrogens with zero attached hydrogens (tertiary/aromatic N) is 4. The third-order valence-electron chi connectivity index (χ3n) is 9.12. The van der Waals surface area contributed by atoms with Gasteiger partial charge in [0, 0.05) is 32.1 Å². The number of aliphatic hydroxyl groups is 1. The van der Waals surface area contributed by atoms with E-state index in [0.29, 0.717) is 25.5 Å². The van der Waals surface area contributed by atoms with Gasteiger partial charge in [0.1, 0.15) is 17.6 Å². The van der Waals surface area contributed by atoms with E-state index in [-0.39, 0.29) is 54.6 Å². The number of ether oxygens (including phenoxy) is 2. The number of carbonyl (C=O) groups is 3. The van der Waals surface area contributed by atoms with Gasteiger partial charge >= 0.3 is 6.09 Å². The molecule has 0 saturated carbocycles. The Bertz CT molecular complexity index is 1590. The van der Waals surface area contributed by atoms with Gasteiger partial charge in [0.2, 0.25) is 11.8 Å². The number of aliphatic hydroxyl groups excluding tert-OH is 1. The molecule has 2 saturated heterocycles. The molecule has 0 bridgehead atoms. The van der Waals surface area contributed by atoms with E-state index in [1.807, 2.05) is 78.2 Å². The van der Waals surface area contributed by atoms with Crippen molar-refractivity contribution in [3.8, 4) is 16.3 Å². The zero-order valence-electron chi connectivity index (χ0n) is 29.5. The van der Waals surface area contributed by atoms with Crippen LogP contribution in [0.1, 0.15) is 89.8 Å². The Morgan fingerprint density at radius 2 is 1.82 bits per heavy atom. The maximum Gasteiger partial charge on any atom is 0.410 e. The Morgan fingerprint density at radius 3 is 2.43 bits per heavy atom. The molecular formula is C36H49N5O7S. The molecule has 266 valence electrons. The molecule has 3 amide bonds. The molecule has 3 aromatic rings. The molecule has 0 aliphatic carbocycles. The summed E-state index contributed by atoms with van der Waals surface area (Å²) >= 11 is 1.59. The predicted octanol–water partition coefficient (Wildman–Crippen LogP) is 5.71. The minimum absolute atomic E-state index is 0.0525. The second-order valence-electron chi connectivity index (χ2n) is 14.5. The maximum atomic E-state index is 14.0. The van der Waals surface area contributed by atoms with E-state index in [2.05, 4.69) is 15.5 Å². The van der Waals surface area contributed by atoms with Crippen LogP contribution in [-0.4, -0.2) is 86.9 Å². The van der Waals surface area contributed by atoms with Crippen molar-refractivity contribution in [3.63, 3.8) is 0 Å². The number of benzene rings is 1. The molecule has 49 heavy (non-hydrogen) atoms. The van der Waals surface area contributed by atoms with E-state index in [1.54, 1.807) is 22.3 Å². The van der Waals surface area contributed by atoms with Gasteiger partial charge in [0.15, 0.2) is 5.76 Å². The van der Waals surface area contributed by atoms with E-state index in [0.717, 1.165) is 34.5 Å². The van der Waals surface area contributed by atoms with Gasteiger partial charge in [-0.25, -0.2) is 9.78 Å². The third kappa shape index (κ3) is 8.99. The number of amides is 3. The molecule has 2 aliphatic rings. The van der Waals surface area contributed by atoms with Crippen molar-refractivity contribution in [2.24, 2.45) is 11.8 Å². The topological polar surface area (TPSA) is 147 Å². The molecule has 2 N–H and O–H groups in total. The Balaban J connectivity index is 1.17. The number of hydrogen-bond acceptors (Lipinski definition) is 10. The first-order chi connectivity index (χ1) is 23.2. The van der Waals surface area contributed by atoms with Crippen molar-refractivity contribution in [3.05, 3.63) is 52.9 Å². The number of nitrogens with one attached hydrogen (secondary N) is 1. The highest BCUT2D eigenvalue weighted by Crippen LogP contribution is 2.33. The Labute approximate surface area is 292 Å². The standard InChI is InChI=1S/C36H49N5O7S/c1-21(2)31(29-17-30(39-48-29)46-19-24-12-14-40(15-13-24)35(45)47-36(5,6)7)34(44)41-18-27(42)16-28(41)33(43)38-22(3)25-8-10-26(11-9-25)32-23(4)37-20-49-32/h8-11,17,20-22,24,27-28,31,42H,12-16,18-19H2,1-7H3,(H,38,43)/t22-,27+,28-,31-/m0/s1. The minimum atomic E-state index is -0.824. The zero-order valence-corrected chi connectivity index (χ0v) is 30.3. The van der Waals surface area contributed by atoms with Crippen LogP contribution in [0.25, 0.3) is 10.4 Å². The number of carbonyl (C=O) groups excluding carboxylic acids is 3. The van der Waals surface area contributed by atoms with Gasteiger partial charge in [0.05, 0.1) is 34.8 Å². The summed E-state index contributed by atoms with van der Waals surface area (Å²) in [5.41, 5.74) is 4.27. The fourth-order valence-corrected chi connectivity index (χ4v) is 7.23. The minimum Gasteiger partial charge on any atom is -0.475 e. The fraction of sp³-hybridized carbons (Fsp3) is 0.583. The van der Waals surface area contributed by atoms with Crippen molar-refractivity contribution in [2.75, 3.05) is 26.2 Å². The van der Waals surface area contributed by atoms with Gasteiger partial charge in [-0.05, 0) is 75.6 Å². The van der Waals surface area contributed by atoms with Crippen molar-refractivity contribution in [1.29, 1.82) is 0 Å². The van der Waals surface area contributed by atoms with Gasteiger partial charge in [-0.2, -0.15) is 0 Å². The molecule has 2 fully saturated rings. The highest BCUT2D eigenvalue weighted by atomic mass is 32.1. The number of likely N-dealkylation sites (tertiary alicyclic amines) is 2. The molecule has 12 nitrogen and oxygen atoms in total. The summed E-state index contributed by atoms with van der Waals surface area (Å²) in [4.78, 5) is 48.6. The van der Waals surface area contributed by atoms with Crippen molar-refractivity contribution < 1.29 is 33.5 Å². The average Bonchev–Trinajstić information content (AvgIpc) is 3.79. The first-order valence-corrected chi connectivity index (χ1v) is 17.9. The number of rotatable bonds is 10. The quantitative estimate of drug-likeness (QED) is 0.272. The fourth-order valence-electron chi connectivity index (χ4n) is 6.41. The highest BCUT2D eigenvalue weighted by molar-refractivity contribution is 7.13. The molecular weight excluding hydrogens is 646 g/mol. The predicted molar refractivity (Wildman–Crippen MR) is 185 cm³/mol. The number of thiazole rings is 1. The Hall–Kier alpha value is -3.97. The smallest absolute Gasteiger partial charge is 0.410 e. The molecule has 1 aromatic carbocycles. The number of piperidine rings is 1. The molecule has 5 rings (SSSR count). The van der Waals surface area contributed by atoms with Crippen LogP contribution in [0.3, 0.4) is 0 Å². The van der Waals surface area contributed by atoms with Gasteiger partial charge < -0.3 is 34.2 Å². The average molecular weight is 696 g/mol. The SMILES string of the molecule is Cc1ncsc1-c1ccc([C@H](C)NC(=O)[C@@H]2C[C@@H](O)CN2C(=O)[C@H](c2cc(OCC3CCN(C(=O)OC(C)(C)C)CC3)no2)C(C)C)cc1. The first kappa shape index (κ1) is 36.3. The summed E-state index contributed by atoms with van der Waals surface area (Å²) < 4.78 is 17.1. The number of aromatic nitrogens is 2. The van der Waals surface area contributed by atoms with Crippen molar-refractivity contribution in [1.82, 2.24) is 25.3 Å². The zero-order chi connectivity index (χ0) is 35.5. The molecule has 2 aliphatic heterocycles.